The summed E-state index contributed by atoms with van der Waals surface area (Å²) in [5.41, 5.74) is 2.94. The van der Waals surface area contributed by atoms with E-state index in [-0.39, 0.29) is 5.82 Å². The highest BCUT2D eigenvalue weighted by molar-refractivity contribution is 5.84. The molecule has 0 bridgehead atoms. The zero-order valence-corrected chi connectivity index (χ0v) is 10.3. The Morgan fingerprint density at radius 3 is 2.58 bits per heavy atom. The van der Waals surface area contributed by atoms with E-state index in [1.54, 1.807) is 54.3 Å². The highest BCUT2D eigenvalue weighted by Crippen LogP contribution is 2.28. The van der Waals surface area contributed by atoms with Gasteiger partial charge >= 0.3 is 0 Å². The SMILES string of the molecule is Cn1cnc2ccc(-c3ccc(C=O)cc3)c(F)c21. The molecule has 94 valence electrons. The van der Waals surface area contributed by atoms with Gasteiger partial charge in [-0.25, -0.2) is 9.37 Å². The van der Waals surface area contributed by atoms with E-state index in [0.29, 0.717) is 22.2 Å². The molecule has 0 saturated heterocycles. The van der Waals surface area contributed by atoms with E-state index < -0.39 is 0 Å². The van der Waals surface area contributed by atoms with Crippen LogP contribution >= 0.6 is 0 Å². The molecule has 1 heterocycles. The highest BCUT2D eigenvalue weighted by atomic mass is 19.1. The van der Waals surface area contributed by atoms with Crippen molar-refractivity contribution < 1.29 is 9.18 Å². The molecule has 19 heavy (non-hydrogen) atoms. The molecule has 0 atom stereocenters. The van der Waals surface area contributed by atoms with Crippen LogP contribution in [0.15, 0.2) is 42.7 Å². The molecule has 0 N–H and O–H groups in total. The van der Waals surface area contributed by atoms with Gasteiger partial charge in [0.1, 0.15) is 11.8 Å². The monoisotopic (exact) mass is 254 g/mol. The van der Waals surface area contributed by atoms with Crippen molar-refractivity contribution in [3.05, 3.63) is 54.1 Å². The third-order valence-electron chi connectivity index (χ3n) is 3.18. The van der Waals surface area contributed by atoms with Crippen molar-refractivity contribution in [1.82, 2.24) is 9.55 Å². The van der Waals surface area contributed by atoms with Crippen molar-refractivity contribution in [2.45, 2.75) is 0 Å². The molecule has 0 aliphatic rings. The third kappa shape index (κ3) is 1.81. The molecule has 4 heteroatoms. The molecule has 0 fully saturated rings. The molecule has 0 unspecified atom stereocenters. The molecule has 3 aromatic rings. The Hall–Kier alpha value is -2.49. The fourth-order valence-electron chi connectivity index (χ4n) is 2.16. The van der Waals surface area contributed by atoms with E-state index in [1.807, 2.05) is 0 Å². The summed E-state index contributed by atoms with van der Waals surface area (Å²) < 4.78 is 16.2. The second-order valence-electron chi connectivity index (χ2n) is 4.39. The lowest BCUT2D eigenvalue weighted by atomic mass is 10.0. The minimum absolute atomic E-state index is 0.295. The van der Waals surface area contributed by atoms with Gasteiger partial charge in [0.15, 0.2) is 5.82 Å². The van der Waals surface area contributed by atoms with Crippen molar-refractivity contribution in [3.63, 3.8) is 0 Å². The van der Waals surface area contributed by atoms with E-state index in [1.165, 1.54) is 0 Å². The lowest BCUT2D eigenvalue weighted by Gasteiger charge is -2.05. The van der Waals surface area contributed by atoms with Crippen molar-refractivity contribution in [2.75, 3.05) is 0 Å². The van der Waals surface area contributed by atoms with Crippen LogP contribution in [0.5, 0.6) is 0 Å². The summed E-state index contributed by atoms with van der Waals surface area (Å²) in [7, 11) is 1.76. The molecule has 0 saturated carbocycles. The first kappa shape index (κ1) is 11.6. The normalized spacial score (nSPS) is 10.8. The minimum Gasteiger partial charge on any atom is -0.331 e. The smallest absolute Gasteiger partial charge is 0.156 e. The van der Waals surface area contributed by atoms with Gasteiger partial charge < -0.3 is 4.57 Å². The van der Waals surface area contributed by atoms with Gasteiger partial charge in [0, 0.05) is 18.2 Å². The molecule has 3 rings (SSSR count). The second kappa shape index (κ2) is 4.31. The van der Waals surface area contributed by atoms with Gasteiger partial charge in [0.05, 0.1) is 11.8 Å². The summed E-state index contributed by atoms with van der Waals surface area (Å²) in [6.07, 6.45) is 2.36. The number of carbonyl (C=O) groups excluding carboxylic acids is 1. The summed E-state index contributed by atoms with van der Waals surface area (Å²) in [6, 6.07) is 10.3. The number of halogens is 1. The van der Waals surface area contributed by atoms with Gasteiger partial charge in [-0.05, 0) is 17.7 Å². The Morgan fingerprint density at radius 2 is 1.89 bits per heavy atom. The Kier molecular flexibility index (Phi) is 2.63. The molecular formula is C15H11FN2O. The zero-order chi connectivity index (χ0) is 13.4. The van der Waals surface area contributed by atoms with E-state index in [4.69, 9.17) is 0 Å². The zero-order valence-electron chi connectivity index (χ0n) is 10.3. The minimum atomic E-state index is -0.295. The van der Waals surface area contributed by atoms with E-state index in [9.17, 15) is 9.18 Å². The summed E-state index contributed by atoms with van der Waals surface area (Å²) in [4.78, 5) is 14.7. The van der Waals surface area contributed by atoms with Gasteiger partial charge in [0.2, 0.25) is 0 Å². The number of fused-ring (bicyclic) bond motifs is 1. The predicted molar refractivity (Wildman–Crippen MR) is 71.5 cm³/mol. The van der Waals surface area contributed by atoms with Crippen LogP contribution in [0.25, 0.3) is 22.2 Å². The standard InChI is InChI=1S/C15H11FN2O/c1-18-9-17-13-7-6-12(14(16)15(13)18)11-4-2-10(8-19)3-5-11/h2-9H,1H3. The fourth-order valence-corrected chi connectivity index (χ4v) is 2.16. The second-order valence-corrected chi connectivity index (χ2v) is 4.39. The number of aromatic nitrogens is 2. The van der Waals surface area contributed by atoms with Crippen LogP contribution in [0.2, 0.25) is 0 Å². The van der Waals surface area contributed by atoms with Crippen molar-refractivity contribution in [1.29, 1.82) is 0 Å². The number of hydrogen-bond acceptors (Lipinski definition) is 2. The first-order valence-electron chi connectivity index (χ1n) is 5.86. The van der Waals surface area contributed by atoms with Crippen LogP contribution in [0.4, 0.5) is 4.39 Å². The van der Waals surface area contributed by atoms with Crippen LogP contribution in [0.3, 0.4) is 0 Å². The van der Waals surface area contributed by atoms with Crippen LogP contribution < -0.4 is 0 Å². The number of aldehydes is 1. The maximum Gasteiger partial charge on any atom is 0.156 e. The summed E-state index contributed by atoms with van der Waals surface area (Å²) >= 11 is 0. The Morgan fingerprint density at radius 1 is 1.16 bits per heavy atom. The first-order chi connectivity index (χ1) is 9.20. The molecule has 0 spiro atoms. The molecule has 0 amide bonds. The number of rotatable bonds is 2. The maximum absolute atomic E-state index is 14.5. The van der Waals surface area contributed by atoms with Gasteiger partial charge in [-0.1, -0.05) is 24.3 Å². The van der Waals surface area contributed by atoms with Crippen LogP contribution in [-0.4, -0.2) is 15.8 Å². The predicted octanol–water partition coefficient (Wildman–Crippen LogP) is 3.19. The number of benzene rings is 2. The summed E-state index contributed by atoms with van der Waals surface area (Å²) in [5.74, 6) is -0.295. The number of carbonyl (C=O) groups is 1. The van der Waals surface area contributed by atoms with Crippen LogP contribution in [0, 0.1) is 5.82 Å². The number of imidazole rings is 1. The van der Waals surface area contributed by atoms with E-state index >= 15 is 0 Å². The van der Waals surface area contributed by atoms with Gasteiger partial charge in [-0.2, -0.15) is 0 Å². The molecule has 2 aromatic carbocycles. The molecule has 3 nitrogen and oxygen atoms in total. The molecular weight excluding hydrogens is 243 g/mol. The topological polar surface area (TPSA) is 34.9 Å². The van der Waals surface area contributed by atoms with Crippen molar-refractivity contribution in [2.24, 2.45) is 7.05 Å². The Bertz CT molecular complexity index is 760. The van der Waals surface area contributed by atoms with E-state index in [2.05, 4.69) is 4.98 Å². The van der Waals surface area contributed by atoms with Crippen molar-refractivity contribution in [3.8, 4) is 11.1 Å². The van der Waals surface area contributed by atoms with Gasteiger partial charge in [0.25, 0.3) is 0 Å². The number of aryl methyl sites for hydroxylation is 1. The Balaban J connectivity index is 2.21. The summed E-state index contributed by atoms with van der Waals surface area (Å²) in [5, 5.41) is 0. The third-order valence-corrected chi connectivity index (χ3v) is 3.18. The molecule has 0 radical (unpaired) electrons. The largest absolute Gasteiger partial charge is 0.331 e. The van der Waals surface area contributed by atoms with E-state index in [0.717, 1.165) is 11.8 Å². The quantitative estimate of drug-likeness (QED) is 0.658. The van der Waals surface area contributed by atoms with Crippen molar-refractivity contribution >= 4 is 17.3 Å². The average molecular weight is 254 g/mol. The maximum atomic E-state index is 14.5. The fraction of sp³-hybridized carbons (Fsp3) is 0.0667. The number of hydrogen-bond donors (Lipinski definition) is 0. The summed E-state index contributed by atoms with van der Waals surface area (Å²) in [6.45, 7) is 0. The van der Waals surface area contributed by atoms with Crippen LogP contribution in [-0.2, 0) is 7.05 Å². The lowest BCUT2D eigenvalue weighted by Crippen LogP contribution is -1.92. The molecule has 0 aliphatic heterocycles. The highest BCUT2D eigenvalue weighted by Gasteiger charge is 2.12. The van der Waals surface area contributed by atoms with Gasteiger partial charge in [-0.3, -0.25) is 4.79 Å². The first-order valence-corrected chi connectivity index (χ1v) is 5.86. The number of nitrogens with zero attached hydrogens (tertiary/aromatic N) is 2. The Labute approximate surface area is 109 Å². The van der Waals surface area contributed by atoms with Crippen LogP contribution in [0.1, 0.15) is 10.4 Å². The molecule has 1 aromatic heterocycles. The lowest BCUT2D eigenvalue weighted by molar-refractivity contribution is 0.112. The van der Waals surface area contributed by atoms with Gasteiger partial charge in [-0.15, -0.1) is 0 Å². The molecule has 0 aliphatic carbocycles. The average Bonchev–Trinajstić information content (AvgIpc) is 2.82.